The molecular weight excluding hydrogens is 230 g/mol. The second kappa shape index (κ2) is 5.46. The molecule has 1 aromatic heterocycles. The smallest absolute Gasteiger partial charge is 0.335 e. The Morgan fingerprint density at radius 1 is 1.44 bits per heavy atom. The van der Waals surface area contributed by atoms with Gasteiger partial charge in [0.2, 0.25) is 0 Å². The van der Waals surface area contributed by atoms with Crippen molar-refractivity contribution in [2.24, 2.45) is 0 Å². The number of benzene rings is 1. The second-order valence-electron chi connectivity index (χ2n) is 4.14. The molecule has 0 fully saturated rings. The van der Waals surface area contributed by atoms with E-state index in [-0.39, 0.29) is 6.04 Å². The van der Waals surface area contributed by atoms with Crippen LogP contribution >= 0.6 is 0 Å². The van der Waals surface area contributed by atoms with E-state index in [0.29, 0.717) is 12.1 Å². The molecule has 2 rings (SSSR count). The summed E-state index contributed by atoms with van der Waals surface area (Å²) in [7, 11) is 0. The Bertz CT molecular complexity index is 506. The number of carboxylic acid groups (broad SMARTS) is 1. The zero-order valence-corrected chi connectivity index (χ0v) is 10.1. The Morgan fingerprint density at radius 2 is 2.17 bits per heavy atom. The van der Waals surface area contributed by atoms with E-state index in [1.807, 2.05) is 18.3 Å². The first kappa shape index (κ1) is 12.3. The number of aromatic carboxylic acids is 1. The minimum atomic E-state index is -0.902. The molecule has 0 aliphatic carbocycles. The average molecular weight is 245 g/mol. The first-order valence-electron chi connectivity index (χ1n) is 5.71. The predicted molar refractivity (Wildman–Crippen MR) is 67.2 cm³/mol. The van der Waals surface area contributed by atoms with Crippen LogP contribution in [0.4, 0.5) is 0 Å². The van der Waals surface area contributed by atoms with Crippen molar-refractivity contribution in [2.75, 3.05) is 0 Å². The Kier molecular flexibility index (Phi) is 3.74. The summed E-state index contributed by atoms with van der Waals surface area (Å²) in [6, 6.07) is 7.06. The molecule has 1 heterocycles. The zero-order chi connectivity index (χ0) is 13.0. The quantitative estimate of drug-likeness (QED) is 0.752. The van der Waals surface area contributed by atoms with Gasteiger partial charge in [-0.1, -0.05) is 12.1 Å². The molecule has 2 aromatic rings. The summed E-state index contributed by atoms with van der Waals surface area (Å²) in [6.45, 7) is 2.74. The van der Waals surface area contributed by atoms with Crippen LogP contribution in [-0.4, -0.2) is 21.3 Å². The number of carboxylic acids is 1. The van der Waals surface area contributed by atoms with Crippen LogP contribution in [0.15, 0.2) is 36.7 Å². The van der Waals surface area contributed by atoms with Gasteiger partial charge in [0.15, 0.2) is 0 Å². The van der Waals surface area contributed by atoms with E-state index in [9.17, 15) is 4.79 Å². The molecule has 0 amide bonds. The first-order chi connectivity index (χ1) is 8.66. The van der Waals surface area contributed by atoms with Gasteiger partial charge in [0, 0.05) is 24.3 Å². The third-order valence-electron chi connectivity index (χ3n) is 2.83. The number of hydrogen-bond donors (Lipinski definition) is 3. The molecule has 94 valence electrons. The lowest BCUT2D eigenvalue weighted by atomic mass is 10.1. The van der Waals surface area contributed by atoms with E-state index in [2.05, 4.69) is 22.4 Å². The van der Waals surface area contributed by atoms with Crippen molar-refractivity contribution in [1.82, 2.24) is 15.5 Å². The second-order valence-corrected chi connectivity index (χ2v) is 4.14. The van der Waals surface area contributed by atoms with Crippen LogP contribution in [0, 0.1) is 0 Å². The third kappa shape index (κ3) is 2.95. The predicted octanol–water partition coefficient (Wildman–Crippen LogP) is 1.96. The SMILES string of the molecule is CC(NCc1ccc(C(=O)O)cc1)c1cn[nH]c1. The number of hydrogen-bond acceptors (Lipinski definition) is 3. The highest BCUT2D eigenvalue weighted by Crippen LogP contribution is 2.11. The highest BCUT2D eigenvalue weighted by atomic mass is 16.4. The van der Waals surface area contributed by atoms with Crippen molar-refractivity contribution >= 4 is 5.97 Å². The summed E-state index contributed by atoms with van der Waals surface area (Å²) < 4.78 is 0. The molecule has 5 nitrogen and oxygen atoms in total. The number of rotatable bonds is 5. The van der Waals surface area contributed by atoms with Crippen molar-refractivity contribution in [3.8, 4) is 0 Å². The molecular formula is C13H15N3O2. The van der Waals surface area contributed by atoms with Crippen molar-refractivity contribution in [2.45, 2.75) is 19.5 Å². The van der Waals surface area contributed by atoms with Gasteiger partial charge in [-0.2, -0.15) is 5.10 Å². The fourth-order valence-electron chi connectivity index (χ4n) is 1.65. The highest BCUT2D eigenvalue weighted by Gasteiger charge is 2.06. The molecule has 0 radical (unpaired) electrons. The fraction of sp³-hybridized carbons (Fsp3) is 0.231. The summed E-state index contributed by atoms with van der Waals surface area (Å²) in [6.07, 6.45) is 3.64. The van der Waals surface area contributed by atoms with Crippen LogP contribution < -0.4 is 5.32 Å². The van der Waals surface area contributed by atoms with E-state index in [4.69, 9.17) is 5.11 Å². The number of carbonyl (C=O) groups is 1. The van der Waals surface area contributed by atoms with Gasteiger partial charge in [0.05, 0.1) is 11.8 Å². The molecule has 1 unspecified atom stereocenters. The van der Waals surface area contributed by atoms with Gasteiger partial charge >= 0.3 is 5.97 Å². The normalized spacial score (nSPS) is 12.3. The summed E-state index contributed by atoms with van der Waals surface area (Å²) in [5, 5.41) is 18.8. The number of aromatic amines is 1. The molecule has 0 spiro atoms. The zero-order valence-electron chi connectivity index (χ0n) is 10.1. The summed E-state index contributed by atoms with van der Waals surface area (Å²) in [5.41, 5.74) is 2.45. The molecule has 0 bridgehead atoms. The largest absolute Gasteiger partial charge is 0.478 e. The minimum Gasteiger partial charge on any atom is -0.478 e. The number of nitrogens with one attached hydrogen (secondary N) is 2. The number of nitrogens with zero attached hydrogens (tertiary/aromatic N) is 1. The summed E-state index contributed by atoms with van der Waals surface area (Å²) in [5.74, 6) is -0.902. The topological polar surface area (TPSA) is 78.0 Å². The van der Waals surface area contributed by atoms with Crippen molar-refractivity contribution in [3.63, 3.8) is 0 Å². The lowest BCUT2D eigenvalue weighted by Gasteiger charge is -2.11. The van der Waals surface area contributed by atoms with E-state index in [1.54, 1.807) is 18.3 Å². The van der Waals surface area contributed by atoms with Crippen LogP contribution in [-0.2, 0) is 6.54 Å². The maximum atomic E-state index is 10.7. The van der Waals surface area contributed by atoms with Gasteiger partial charge in [-0.25, -0.2) is 4.79 Å². The summed E-state index contributed by atoms with van der Waals surface area (Å²) >= 11 is 0. The Morgan fingerprint density at radius 3 is 2.72 bits per heavy atom. The highest BCUT2D eigenvalue weighted by molar-refractivity contribution is 5.87. The van der Waals surface area contributed by atoms with Gasteiger partial charge < -0.3 is 10.4 Å². The molecule has 18 heavy (non-hydrogen) atoms. The lowest BCUT2D eigenvalue weighted by Crippen LogP contribution is -2.17. The van der Waals surface area contributed by atoms with E-state index >= 15 is 0 Å². The van der Waals surface area contributed by atoms with Gasteiger partial charge in [0.1, 0.15) is 0 Å². The molecule has 5 heteroatoms. The molecule has 0 aliphatic heterocycles. The molecule has 0 saturated carbocycles. The van der Waals surface area contributed by atoms with Crippen LogP contribution in [0.5, 0.6) is 0 Å². The maximum absolute atomic E-state index is 10.7. The van der Waals surface area contributed by atoms with Crippen LogP contribution in [0.25, 0.3) is 0 Å². The van der Waals surface area contributed by atoms with Crippen LogP contribution in [0.2, 0.25) is 0 Å². The number of aromatic nitrogens is 2. The molecule has 0 saturated heterocycles. The molecule has 1 aromatic carbocycles. The van der Waals surface area contributed by atoms with Gasteiger partial charge in [-0.05, 0) is 24.6 Å². The van der Waals surface area contributed by atoms with Crippen LogP contribution in [0.3, 0.4) is 0 Å². The summed E-state index contributed by atoms with van der Waals surface area (Å²) in [4.78, 5) is 10.7. The average Bonchev–Trinajstić information content (AvgIpc) is 2.90. The van der Waals surface area contributed by atoms with Gasteiger partial charge in [0.25, 0.3) is 0 Å². The van der Waals surface area contributed by atoms with Crippen molar-refractivity contribution < 1.29 is 9.90 Å². The standard InChI is InChI=1S/C13H15N3O2/c1-9(12-7-15-16-8-12)14-6-10-2-4-11(5-3-10)13(17)18/h2-5,7-9,14H,6H2,1H3,(H,15,16)(H,17,18). The molecule has 1 atom stereocenters. The monoisotopic (exact) mass is 245 g/mol. The van der Waals surface area contributed by atoms with Gasteiger partial charge in [-0.15, -0.1) is 0 Å². The lowest BCUT2D eigenvalue weighted by molar-refractivity contribution is 0.0697. The maximum Gasteiger partial charge on any atom is 0.335 e. The number of H-pyrrole nitrogens is 1. The Balaban J connectivity index is 1.92. The minimum absolute atomic E-state index is 0.197. The van der Waals surface area contributed by atoms with E-state index in [0.717, 1.165) is 11.1 Å². The van der Waals surface area contributed by atoms with Crippen molar-refractivity contribution in [1.29, 1.82) is 0 Å². The van der Waals surface area contributed by atoms with Gasteiger partial charge in [-0.3, -0.25) is 5.10 Å². The van der Waals surface area contributed by atoms with Crippen molar-refractivity contribution in [3.05, 3.63) is 53.3 Å². The van der Waals surface area contributed by atoms with E-state index in [1.165, 1.54) is 0 Å². The third-order valence-corrected chi connectivity index (χ3v) is 2.83. The Labute approximate surface area is 105 Å². The van der Waals surface area contributed by atoms with E-state index < -0.39 is 5.97 Å². The molecule has 0 aliphatic rings. The fourth-order valence-corrected chi connectivity index (χ4v) is 1.65. The Hall–Kier alpha value is -2.14. The molecule has 3 N–H and O–H groups in total. The first-order valence-corrected chi connectivity index (χ1v) is 5.71. The van der Waals surface area contributed by atoms with Crippen LogP contribution in [0.1, 0.15) is 34.5 Å².